The van der Waals surface area contributed by atoms with Gasteiger partial charge in [0, 0.05) is 12.1 Å². The monoisotopic (exact) mass is 367 g/mol. The molecule has 1 amide bonds. The van der Waals surface area contributed by atoms with Gasteiger partial charge in [0.15, 0.2) is 0 Å². The first-order chi connectivity index (χ1) is 11.8. The highest BCUT2D eigenvalue weighted by Gasteiger charge is 2.54. The summed E-state index contributed by atoms with van der Waals surface area (Å²) in [7, 11) is -0.956. The fraction of sp³-hybridized carbons (Fsp3) is 0.842. The molecular weight excluding hydrogens is 336 g/mol. The zero-order valence-electron chi connectivity index (χ0n) is 17.0. The van der Waals surface area contributed by atoms with Crippen molar-refractivity contribution in [3.05, 3.63) is 11.3 Å². The zero-order valence-corrected chi connectivity index (χ0v) is 17.0. The van der Waals surface area contributed by atoms with Crippen LogP contribution in [-0.4, -0.2) is 47.0 Å². The highest BCUT2D eigenvalue weighted by molar-refractivity contribution is 6.53. The van der Waals surface area contributed by atoms with Crippen LogP contribution in [-0.2, 0) is 14.0 Å². The number of fused-ring (bicyclic) bond motifs is 2. The van der Waals surface area contributed by atoms with Crippen LogP contribution >= 0.6 is 0 Å². The van der Waals surface area contributed by atoms with Crippen molar-refractivity contribution in [2.24, 2.45) is 0 Å². The summed E-state index contributed by atoms with van der Waals surface area (Å²) >= 11 is 0. The van der Waals surface area contributed by atoms with Crippen LogP contribution in [0.2, 0.25) is 0 Å². The lowest BCUT2D eigenvalue weighted by Gasteiger charge is -2.37. The van der Waals surface area contributed by atoms with Gasteiger partial charge in [-0.25, -0.2) is 9.18 Å². The Hall–Kier alpha value is -1.08. The Morgan fingerprint density at radius 2 is 1.58 bits per heavy atom. The number of carbonyl (C=O) groups is 1. The lowest BCUT2D eigenvalue weighted by Crippen LogP contribution is -2.47. The van der Waals surface area contributed by atoms with Crippen LogP contribution in [0.1, 0.15) is 74.1 Å². The number of halogens is 1. The Balaban J connectivity index is 1.74. The Morgan fingerprint density at radius 3 is 2.00 bits per heavy atom. The first-order valence-corrected chi connectivity index (χ1v) is 9.55. The van der Waals surface area contributed by atoms with E-state index in [1.807, 2.05) is 53.4 Å². The maximum Gasteiger partial charge on any atom is 0.525 e. The maximum atomic E-state index is 15.1. The third kappa shape index (κ3) is 3.52. The van der Waals surface area contributed by atoms with Crippen molar-refractivity contribution in [2.45, 2.75) is 103 Å². The number of piperidine rings is 1. The van der Waals surface area contributed by atoms with Gasteiger partial charge in [0.2, 0.25) is 0 Å². The molecule has 3 saturated heterocycles. The van der Waals surface area contributed by atoms with Crippen LogP contribution in [0.5, 0.6) is 0 Å². The van der Waals surface area contributed by atoms with E-state index in [1.54, 1.807) is 0 Å². The Morgan fingerprint density at radius 1 is 1.12 bits per heavy atom. The first-order valence-electron chi connectivity index (χ1n) is 9.55. The number of rotatable bonds is 1. The van der Waals surface area contributed by atoms with Gasteiger partial charge >= 0.3 is 13.2 Å². The van der Waals surface area contributed by atoms with Crippen LogP contribution in [0.4, 0.5) is 9.18 Å². The summed E-state index contributed by atoms with van der Waals surface area (Å²) < 4.78 is 32.4. The predicted octanol–water partition coefficient (Wildman–Crippen LogP) is 4.40. The molecule has 146 valence electrons. The van der Waals surface area contributed by atoms with Crippen molar-refractivity contribution < 1.29 is 23.2 Å². The van der Waals surface area contributed by atoms with Gasteiger partial charge in [-0.15, -0.1) is 0 Å². The quantitative estimate of drug-likeness (QED) is 0.645. The summed E-state index contributed by atoms with van der Waals surface area (Å²) in [5, 5.41) is 0. The van der Waals surface area contributed by atoms with Crippen molar-refractivity contribution in [1.82, 2.24) is 4.90 Å². The van der Waals surface area contributed by atoms with E-state index in [0.717, 1.165) is 18.4 Å². The van der Waals surface area contributed by atoms with Crippen LogP contribution in [0, 0.1) is 0 Å². The molecule has 0 aromatic carbocycles. The second-order valence-corrected chi connectivity index (χ2v) is 9.72. The van der Waals surface area contributed by atoms with Gasteiger partial charge in [-0.1, -0.05) is 0 Å². The normalized spacial score (nSPS) is 29.9. The van der Waals surface area contributed by atoms with E-state index in [2.05, 4.69) is 0 Å². The topological polar surface area (TPSA) is 48.0 Å². The second-order valence-electron chi connectivity index (χ2n) is 9.72. The molecule has 3 fully saturated rings. The van der Waals surface area contributed by atoms with Crippen LogP contribution in [0.3, 0.4) is 0 Å². The van der Waals surface area contributed by atoms with Gasteiger partial charge in [0.05, 0.1) is 11.2 Å². The second kappa shape index (κ2) is 6.23. The Kier molecular flexibility index (Phi) is 4.72. The third-order valence-corrected chi connectivity index (χ3v) is 5.99. The number of ether oxygens (including phenoxy) is 1. The van der Waals surface area contributed by atoms with E-state index in [1.165, 1.54) is 0 Å². The van der Waals surface area contributed by atoms with Crippen molar-refractivity contribution in [1.29, 1.82) is 0 Å². The van der Waals surface area contributed by atoms with Crippen molar-refractivity contribution in [3.63, 3.8) is 0 Å². The molecule has 0 spiro atoms. The van der Waals surface area contributed by atoms with Crippen LogP contribution < -0.4 is 0 Å². The van der Waals surface area contributed by atoms with Crippen LogP contribution in [0.25, 0.3) is 0 Å². The fourth-order valence-electron chi connectivity index (χ4n) is 3.94. The minimum atomic E-state index is -0.956. The van der Waals surface area contributed by atoms with Crippen LogP contribution in [0.15, 0.2) is 11.3 Å². The van der Waals surface area contributed by atoms with Gasteiger partial charge in [0.25, 0.3) is 0 Å². The van der Waals surface area contributed by atoms with Crippen molar-refractivity contribution >= 4 is 13.2 Å². The molecule has 7 heteroatoms. The molecule has 3 rings (SSSR count). The number of amides is 1. The average Bonchev–Trinajstić information content (AvgIpc) is 2.86. The summed E-state index contributed by atoms with van der Waals surface area (Å²) in [6.45, 7) is 13.2. The molecule has 2 unspecified atom stereocenters. The molecule has 0 aromatic rings. The van der Waals surface area contributed by atoms with E-state index in [0.29, 0.717) is 12.8 Å². The smallest absolute Gasteiger partial charge is 0.444 e. The van der Waals surface area contributed by atoms with Crippen molar-refractivity contribution in [2.75, 3.05) is 0 Å². The van der Waals surface area contributed by atoms with Gasteiger partial charge in [0.1, 0.15) is 11.3 Å². The van der Waals surface area contributed by atoms with E-state index < -0.39 is 23.9 Å². The summed E-state index contributed by atoms with van der Waals surface area (Å²) in [6, 6.07) is -0.0152. The van der Waals surface area contributed by atoms with E-state index in [9.17, 15) is 4.79 Å². The fourth-order valence-corrected chi connectivity index (χ4v) is 3.94. The summed E-state index contributed by atoms with van der Waals surface area (Å²) in [5.41, 5.74) is -1.25. The zero-order chi connectivity index (χ0) is 19.5. The van der Waals surface area contributed by atoms with Gasteiger partial charge < -0.3 is 18.9 Å². The number of hydrogen-bond acceptors (Lipinski definition) is 4. The molecule has 3 heterocycles. The van der Waals surface area contributed by atoms with Gasteiger partial charge in [-0.2, -0.15) is 0 Å². The molecule has 0 N–H and O–H groups in total. The summed E-state index contributed by atoms with van der Waals surface area (Å²) in [4.78, 5) is 14.3. The largest absolute Gasteiger partial charge is 0.525 e. The third-order valence-electron chi connectivity index (χ3n) is 5.99. The molecular formula is C19H31BFNO4. The Bertz CT molecular complexity index is 594. The molecule has 0 radical (unpaired) electrons. The molecule has 5 nitrogen and oxygen atoms in total. The van der Waals surface area contributed by atoms with E-state index >= 15 is 4.39 Å². The molecule has 0 aliphatic carbocycles. The molecule has 3 aliphatic heterocycles. The standard InChI is InChI=1S/C19H31BFNO4/c1-17(2,3)24-16(23)22-13-8-9-14(22)11-12(10-13)15(21)20-25-18(4,5)19(6,7)26-20/h13-14H,8-11H2,1-7H3. The minimum Gasteiger partial charge on any atom is -0.444 e. The van der Waals surface area contributed by atoms with E-state index in [-0.39, 0.29) is 23.9 Å². The first kappa shape index (κ1) is 19.7. The maximum absolute atomic E-state index is 15.1. The minimum absolute atomic E-state index is 0.00762. The lowest BCUT2D eigenvalue weighted by molar-refractivity contribution is 0.00578. The molecule has 0 aromatic heterocycles. The summed E-state index contributed by atoms with van der Waals surface area (Å²) in [6.07, 6.45) is 2.51. The highest BCUT2D eigenvalue weighted by Crippen LogP contribution is 2.44. The van der Waals surface area contributed by atoms with Crippen molar-refractivity contribution in [3.8, 4) is 0 Å². The molecule has 0 saturated carbocycles. The lowest BCUT2D eigenvalue weighted by atomic mass is 9.80. The molecule has 3 aliphatic rings. The SMILES string of the molecule is CC(C)(C)OC(=O)N1C2CCC1CC(=C(F)B1OC(C)(C)C(C)(C)O1)C2. The summed E-state index contributed by atoms with van der Waals surface area (Å²) in [5.74, 6) is 0. The molecule has 2 atom stereocenters. The highest BCUT2D eigenvalue weighted by atomic mass is 19.1. The van der Waals surface area contributed by atoms with E-state index in [4.69, 9.17) is 14.0 Å². The van der Waals surface area contributed by atoms with Gasteiger partial charge in [-0.05, 0) is 79.7 Å². The average molecular weight is 367 g/mol. The van der Waals surface area contributed by atoms with Gasteiger partial charge in [-0.3, -0.25) is 0 Å². The number of carbonyl (C=O) groups excluding carboxylic acids is 1. The number of hydrogen-bond donors (Lipinski definition) is 0. The molecule has 2 bridgehead atoms. The molecule has 26 heavy (non-hydrogen) atoms. The Labute approximate surface area is 156 Å². The predicted molar refractivity (Wildman–Crippen MR) is 98.3 cm³/mol. The number of nitrogens with zero attached hydrogens (tertiary/aromatic N) is 1.